The number of H-pyrrole nitrogens is 1. The van der Waals surface area contributed by atoms with Gasteiger partial charge in [0.05, 0.1) is 16.8 Å². The number of imidazole rings is 1. The van der Waals surface area contributed by atoms with Crippen molar-refractivity contribution in [1.29, 1.82) is 0 Å². The summed E-state index contributed by atoms with van der Waals surface area (Å²) in [6, 6.07) is 15.1. The van der Waals surface area contributed by atoms with Crippen LogP contribution < -0.4 is 5.32 Å². The molecule has 1 saturated heterocycles. The van der Waals surface area contributed by atoms with Crippen LogP contribution in [0.15, 0.2) is 47.6 Å². The highest BCUT2D eigenvalue weighted by molar-refractivity contribution is 7.99. The molecule has 1 aliphatic rings. The number of nitrogens with zero attached hydrogens (tertiary/aromatic N) is 2. The zero-order valence-corrected chi connectivity index (χ0v) is 17.2. The molecule has 4 rings (SSSR count). The van der Waals surface area contributed by atoms with Gasteiger partial charge in [0.15, 0.2) is 5.16 Å². The molecule has 0 saturated carbocycles. The molecule has 1 atom stereocenters. The number of amides is 1. The summed E-state index contributed by atoms with van der Waals surface area (Å²) >= 11 is 1.48. The van der Waals surface area contributed by atoms with Crippen molar-refractivity contribution in [2.24, 2.45) is 0 Å². The van der Waals surface area contributed by atoms with Crippen molar-refractivity contribution in [2.45, 2.75) is 31.5 Å². The van der Waals surface area contributed by atoms with Crippen molar-refractivity contribution < 1.29 is 4.79 Å². The van der Waals surface area contributed by atoms with Crippen LogP contribution in [0.2, 0.25) is 0 Å². The van der Waals surface area contributed by atoms with E-state index in [9.17, 15) is 4.79 Å². The number of thioether (sulfide) groups is 1. The van der Waals surface area contributed by atoms with Crippen LogP contribution in [0.25, 0.3) is 11.0 Å². The minimum Gasteiger partial charge on any atom is -0.339 e. The van der Waals surface area contributed by atoms with Crippen LogP contribution in [0.3, 0.4) is 0 Å². The van der Waals surface area contributed by atoms with Gasteiger partial charge in [-0.2, -0.15) is 0 Å². The molecule has 2 heterocycles. The van der Waals surface area contributed by atoms with E-state index >= 15 is 0 Å². The van der Waals surface area contributed by atoms with Crippen molar-refractivity contribution in [3.8, 4) is 0 Å². The Morgan fingerprint density at radius 3 is 2.86 bits per heavy atom. The molecule has 1 fully saturated rings. The van der Waals surface area contributed by atoms with E-state index in [0.29, 0.717) is 12.3 Å². The summed E-state index contributed by atoms with van der Waals surface area (Å²) < 4.78 is 0. The van der Waals surface area contributed by atoms with E-state index in [4.69, 9.17) is 0 Å². The second kappa shape index (κ2) is 8.37. The lowest BCUT2D eigenvalue weighted by molar-refractivity contribution is -0.129. The minimum absolute atomic E-state index is 0.165. The molecule has 0 radical (unpaired) electrons. The van der Waals surface area contributed by atoms with Gasteiger partial charge in [-0.15, -0.1) is 0 Å². The molecule has 146 valence electrons. The van der Waals surface area contributed by atoms with E-state index in [1.165, 1.54) is 28.5 Å². The molecule has 1 amide bonds. The number of hydrogen-bond donors (Lipinski definition) is 2. The lowest BCUT2D eigenvalue weighted by Crippen LogP contribution is -2.48. The number of carbonyl (C=O) groups excluding carboxylic acids is 1. The molecular weight excluding hydrogens is 368 g/mol. The third-order valence-electron chi connectivity index (χ3n) is 5.27. The van der Waals surface area contributed by atoms with Crippen LogP contribution in [-0.4, -0.2) is 46.2 Å². The molecule has 0 spiro atoms. The average molecular weight is 395 g/mol. The van der Waals surface area contributed by atoms with Crippen molar-refractivity contribution in [3.05, 3.63) is 59.2 Å². The van der Waals surface area contributed by atoms with Gasteiger partial charge in [-0.25, -0.2) is 4.98 Å². The summed E-state index contributed by atoms with van der Waals surface area (Å²) in [5.41, 5.74) is 5.74. The van der Waals surface area contributed by atoms with Crippen molar-refractivity contribution in [3.63, 3.8) is 0 Å². The highest BCUT2D eigenvalue weighted by Gasteiger charge is 2.24. The molecule has 2 aromatic carbocycles. The molecular formula is C22H26N4OS. The Kier molecular flexibility index (Phi) is 5.69. The van der Waals surface area contributed by atoms with E-state index in [1.807, 2.05) is 11.0 Å². The number of nitrogens with one attached hydrogen (secondary N) is 2. The van der Waals surface area contributed by atoms with Gasteiger partial charge in [0.25, 0.3) is 0 Å². The quantitative estimate of drug-likeness (QED) is 0.648. The predicted octanol–water partition coefficient (Wildman–Crippen LogP) is 3.70. The van der Waals surface area contributed by atoms with Crippen molar-refractivity contribution >= 4 is 28.7 Å². The SMILES string of the molecule is CCc1ccc(C2CN(C(=O)CSc3nc4ccc(C)cc4[nH]3)CCN2)cc1. The second-order valence-corrected chi connectivity index (χ2v) is 8.26. The van der Waals surface area contributed by atoms with Gasteiger partial charge in [0.2, 0.25) is 5.91 Å². The van der Waals surface area contributed by atoms with Gasteiger partial charge < -0.3 is 15.2 Å². The van der Waals surface area contributed by atoms with E-state index in [-0.39, 0.29) is 11.9 Å². The number of piperazine rings is 1. The topological polar surface area (TPSA) is 61.0 Å². The van der Waals surface area contributed by atoms with E-state index in [0.717, 1.165) is 35.7 Å². The summed E-state index contributed by atoms with van der Waals surface area (Å²) in [7, 11) is 0. The Hall–Kier alpha value is -2.31. The van der Waals surface area contributed by atoms with E-state index < -0.39 is 0 Å². The number of rotatable bonds is 5. The molecule has 1 unspecified atom stereocenters. The summed E-state index contributed by atoms with van der Waals surface area (Å²) in [5.74, 6) is 0.568. The molecule has 3 aromatic rings. The maximum Gasteiger partial charge on any atom is 0.233 e. The molecule has 5 nitrogen and oxygen atoms in total. The van der Waals surface area contributed by atoms with Crippen LogP contribution >= 0.6 is 11.8 Å². The summed E-state index contributed by atoms with van der Waals surface area (Å²) in [4.78, 5) is 22.6. The molecule has 0 aliphatic carbocycles. The number of fused-ring (bicyclic) bond motifs is 1. The fraction of sp³-hybridized carbons (Fsp3) is 0.364. The first kappa shape index (κ1) is 19.0. The molecule has 2 N–H and O–H groups in total. The predicted molar refractivity (Wildman–Crippen MR) is 115 cm³/mol. The number of benzene rings is 2. The van der Waals surface area contributed by atoms with Crippen LogP contribution in [0, 0.1) is 6.92 Å². The Balaban J connectivity index is 1.36. The van der Waals surface area contributed by atoms with Crippen LogP contribution in [-0.2, 0) is 11.2 Å². The highest BCUT2D eigenvalue weighted by atomic mass is 32.2. The normalized spacial score (nSPS) is 17.2. The van der Waals surface area contributed by atoms with Gasteiger partial charge in [-0.05, 0) is 42.2 Å². The lowest BCUT2D eigenvalue weighted by Gasteiger charge is -2.34. The Morgan fingerprint density at radius 1 is 1.25 bits per heavy atom. The first-order valence-electron chi connectivity index (χ1n) is 9.81. The molecule has 1 aliphatic heterocycles. The third kappa shape index (κ3) is 4.23. The highest BCUT2D eigenvalue weighted by Crippen LogP contribution is 2.22. The molecule has 0 bridgehead atoms. The number of hydrogen-bond acceptors (Lipinski definition) is 4. The number of aromatic nitrogens is 2. The van der Waals surface area contributed by atoms with Gasteiger partial charge in [0, 0.05) is 25.7 Å². The monoisotopic (exact) mass is 394 g/mol. The van der Waals surface area contributed by atoms with Gasteiger partial charge >= 0.3 is 0 Å². The van der Waals surface area contributed by atoms with E-state index in [2.05, 4.69) is 65.5 Å². The third-order valence-corrected chi connectivity index (χ3v) is 6.12. The van der Waals surface area contributed by atoms with Gasteiger partial charge in [0.1, 0.15) is 0 Å². The van der Waals surface area contributed by atoms with Gasteiger partial charge in [-0.1, -0.05) is 49.0 Å². The maximum absolute atomic E-state index is 12.8. The zero-order valence-electron chi connectivity index (χ0n) is 16.4. The summed E-state index contributed by atoms with van der Waals surface area (Å²) in [5, 5.41) is 4.34. The fourth-order valence-electron chi connectivity index (χ4n) is 3.58. The van der Waals surface area contributed by atoms with Crippen LogP contribution in [0.5, 0.6) is 0 Å². The standard InChI is InChI=1S/C22H26N4OS/c1-3-16-5-7-17(8-6-16)20-13-26(11-10-23-20)21(27)14-28-22-24-18-9-4-15(2)12-19(18)25-22/h4-9,12,20,23H,3,10-11,13-14H2,1-2H3,(H,24,25). The van der Waals surface area contributed by atoms with Gasteiger partial charge in [-0.3, -0.25) is 4.79 Å². The molecule has 1 aromatic heterocycles. The Bertz CT molecular complexity index is 966. The Morgan fingerprint density at radius 2 is 2.07 bits per heavy atom. The van der Waals surface area contributed by atoms with E-state index in [1.54, 1.807) is 0 Å². The average Bonchev–Trinajstić information content (AvgIpc) is 3.14. The zero-order chi connectivity index (χ0) is 19.5. The number of aryl methyl sites for hydroxylation is 2. The van der Waals surface area contributed by atoms with Crippen LogP contribution in [0.1, 0.15) is 29.7 Å². The van der Waals surface area contributed by atoms with Crippen molar-refractivity contribution in [1.82, 2.24) is 20.2 Å². The summed E-state index contributed by atoms with van der Waals surface area (Å²) in [6.07, 6.45) is 1.04. The molecule has 6 heteroatoms. The minimum atomic E-state index is 0.165. The first-order chi connectivity index (χ1) is 13.6. The lowest BCUT2D eigenvalue weighted by atomic mass is 10.0. The smallest absolute Gasteiger partial charge is 0.233 e. The fourth-order valence-corrected chi connectivity index (χ4v) is 4.36. The first-order valence-corrected chi connectivity index (χ1v) is 10.8. The molecule has 28 heavy (non-hydrogen) atoms. The van der Waals surface area contributed by atoms with Crippen LogP contribution in [0.4, 0.5) is 0 Å². The second-order valence-electron chi connectivity index (χ2n) is 7.29. The number of carbonyl (C=O) groups is 1. The largest absolute Gasteiger partial charge is 0.339 e. The summed E-state index contributed by atoms with van der Waals surface area (Å²) in [6.45, 7) is 6.51. The maximum atomic E-state index is 12.8. The number of aromatic amines is 1. The Labute approximate surface area is 169 Å². The van der Waals surface area contributed by atoms with Crippen molar-refractivity contribution in [2.75, 3.05) is 25.4 Å².